The number of aromatic nitrogens is 1. The van der Waals surface area contributed by atoms with Crippen molar-refractivity contribution in [2.24, 2.45) is 11.7 Å². The Morgan fingerprint density at radius 1 is 1.23 bits per heavy atom. The highest BCUT2D eigenvalue weighted by atomic mass is 16.3. The molecule has 4 rings (SSSR count). The van der Waals surface area contributed by atoms with Crippen molar-refractivity contribution in [1.29, 1.82) is 0 Å². The second kappa shape index (κ2) is 4.85. The molecule has 2 aromatic carbocycles. The van der Waals surface area contributed by atoms with Crippen LogP contribution in [0, 0.1) is 5.92 Å². The van der Waals surface area contributed by atoms with Crippen LogP contribution in [0.25, 0.3) is 21.8 Å². The minimum absolute atomic E-state index is 0.0174. The van der Waals surface area contributed by atoms with E-state index in [0.29, 0.717) is 11.5 Å². The first-order valence-electron chi connectivity index (χ1n) is 7.63. The van der Waals surface area contributed by atoms with Crippen molar-refractivity contribution < 1.29 is 9.90 Å². The van der Waals surface area contributed by atoms with Crippen molar-refractivity contribution in [3.63, 3.8) is 0 Å². The topological polar surface area (TPSA) is 68.2 Å². The van der Waals surface area contributed by atoms with E-state index >= 15 is 0 Å². The van der Waals surface area contributed by atoms with Crippen molar-refractivity contribution >= 4 is 27.7 Å². The fourth-order valence-corrected chi connectivity index (χ4v) is 3.25. The van der Waals surface area contributed by atoms with Gasteiger partial charge in [-0.25, -0.2) is 0 Å². The molecule has 4 heteroatoms. The summed E-state index contributed by atoms with van der Waals surface area (Å²) in [6.07, 6.45) is 2.52. The number of benzene rings is 2. The summed E-state index contributed by atoms with van der Waals surface area (Å²) in [6.45, 7) is 0.973. The van der Waals surface area contributed by atoms with E-state index in [-0.39, 0.29) is 6.61 Å². The second-order valence-corrected chi connectivity index (χ2v) is 6.13. The summed E-state index contributed by atoms with van der Waals surface area (Å²) in [5, 5.41) is 11.4. The number of carbonyl (C=O) groups excluding carboxylic acids is 1. The van der Waals surface area contributed by atoms with Crippen LogP contribution in [0.4, 0.5) is 0 Å². The van der Waals surface area contributed by atoms with Gasteiger partial charge in [0.2, 0.25) is 5.91 Å². The molecule has 0 radical (unpaired) electrons. The Balaban J connectivity index is 2.10. The number of fused-ring (bicyclic) bond motifs is 3. The lowest BCUT2D eigenvalue weighted by molar-refractivity contribution is 0.100. The van der Waals surface area contributed by atoms with Crippen molar-refractivity contribution in [3.8, 4) is 0 Å². The average molecular weight is 294 g/mol. The summed E-state index contributed by atoms with van der Waals surface area (Å²) in [4.78, 5) is 11.8. The zero-order valence-corrected chi connectivity index (χ0v) is 12.2. The molecule has 1 heterocycles. The zero-order chi connectivity index (χ0) is 15.3. The van der Waals surface area contributed by atoms with Crippen LogP contribution in [-0.4, -0.2) is 15.6 Å². The van der Waals surface area contributed by atoms with Crippen LogP contribution in [0.2, 0.25) is 0 Å². The van der Waals surface area contributed by atoms with Gasteiger partial charge < -0.3 is 15.4 Å². The highest BCUT2D eigenvalue weighted by molar-refractivity contribution is 6.17. The monoisotopic (exact) mass is 294 g/mol. The molecule has 1 aromatic heterocycles. The van der Waals surface area contributed by atoms with Crippen LogP contribution < -0.4 is 5.73 Å². The molecule has 0 unspecified atom stereocenters. The molecule has 0 atom stereocenters. The summed E-state index contributed by atoms with van der Waals surface area (Å²) in [6, 6.07) is 11.6. The van der Waals surface area contributed by atoms with Crippen LogP contribution in [0.3, 0.4) is 0 Å². The van der Waals surface area contributed by atoms with Gasteiger partial charge in [0.25, 0.3) is 0 Å². The smallest absolute Gasteiger partial charge is 0.249 e. The average Bonchev–Trinajstić information content (AvgIpc) is 3.30. The lowest BCUT2D eigenvalue weighted by atomic mass is 10.0. The van der Waals surface area contributed by atoms with Gasteiger partial charge in [-0.05, 0) is 42.5 Å². The first-order chi connectivity index (χ1) is 10.7. The van der Waals surface area contributed by atoms with E-state index < -0.39 is 5.91 Å². The molecule has 22 heavy (non-hydrogen) atoms. The van der Waals surface area contributed by atoms with Gasteiger partial charge in [0.05, 0.1) is 6.61 Å². The first-order valence-corrected chi connectivity index (χ1v) is 7.63. The van der Waals surface area contributed by atoms with Gasteiger partial charge >= 0.3 is 0 Å². The van der Waals surface area contributed by atoms with Gasteiger partial charge in [0, 0.05) is 33.9 Å². The van der Waals surface area contributed by atoms with E-state index in [4.69, 9.17) is 5.73 Å². The maximum absolute atomic E-state index is 11.8. The fraction of sp³-hybridized carbons (Fsp3) is 0.278. The molecule has 1 aliphatic rings. The van der Waals surface area contributed by atoms with E-state index in [9.17, 15) is 9.90 Å². The Morgan fingerprint density at radius 2 is 2.05 bits per heavy atom. The number of nitrogens with zero attached hydrogens (tertiary/aromatic N) is 1. The van der Waals surface area contributed by atoms with Gasteiger partial charge in [-0.2, -0.15) is 0 Å². The molecule has 1 saturated carbocycles. The number of primary amides is 1. The maximum atomic E-state index is 11.8. The molecule has 4 nitrogen and oxygen atoms in total. The number of aliphatic hydroxyl groups is 1. The highest BCUT2D eigenvalue weighted by Crippen LogP contribution is 2.37. The van der Waals surface area contributed by atoms with Gasteiger partial charge in [0.15, 0.2) is 0 Å². The van der Waals surface area contributed by atoms with Gasteiger partial charge in [-0.15, -0.1) is 0 Å². The number of hydrogen-bond donors (Lipinski definition) is 2. The summed E-state index contributed by atoms with van der Waals surface area (Å²) in [5.74, 6) is 0.316. The van der Waals surface area contributed by atoms with E-state index in [2.05, 4.69) is 4.57 Å². The number of carbonyl (C=O) groups is 1. The zero-order valence-electron chi connectivity index (χ0n) is 12.2. The molecule has 3 aromatic rings. The molecule has 1 aliphatic carbocycles. The maximum Gasteiger partial charge on any atom is 0.249 e. The normalized spacial score (nSPS) is 14.8. The van der Waals surface area contributed by atoms with Crippen molar-refractivity contribution in [2.75, 3.05) is 0 Å². The largest absolute Gasteiger partial charge is 0.392 e. The Labute approximate surface area is 128 Å². The predicted octanol–water partition coefficient (Wildman–Crippen LogP) is 2.80. The van der Waals surface area contributed by atoms with Crippen molar-refractivity contribution in [1.82, 2.24) is 4.57 Å². The van der Waals surface area contributed by atoms with Crippen LogP contribution in [0.15, 0.2) is 36.4 Å². The third kappa shape index (κ3) is 1.99. The summed E-state index contributed by atoms with van der Waals surface area (Å²) >= 11 is 0. The molecule has 0 saturated heterocycles. The highest BCUT2D eigenvalue weighted by Gasteiger charge is 2.24. The Bertz CT molecular complexity index is 891. The molecule has 1 amide bonds. The van der Waals surface area contributed by atoms with Gasteiger partial charge in [0.1, 0.15) is 0 Å². The minimum Gasteiger partial charge on any atom is -0.392 e. The summed E-state index contributed by atoms with van der Waals surface area (Å²) in [7, 11) is 0. The van der Waals surface area contributed by atoms with Gasteiger partial charge in [-0.3, -0.25) is 4.79 Å². The predicted molar refractivity (Wildman–Crippen MR) is 86.6 cm³/mol. The third-order valence-electron chi connectivity index (χ3n) is 4.54. The molecule has 3 N–H and O–H groups in total. The van der Waals surface area contributed by atoms with Crippen molar-refractivity contribution in [3.05, 3.63) is 47.5 Å². The molecule has 112 valence electrons. The first kappa shape index (κ1) is 13.3. The Kier molecular flexibility index (Phi) is 2.94. The number of hydrogen-bond acceptors (Lipinski definition) is 2. The van der Waals surface area contributed by atoms with Crippen LogP contribution in [-0.2, 0) is 13.2 Å². The number of rotatable bonds is 4. The standard InChI is InChI=1S/C18H18N2O2/c19-18(22)14-2-1-3-15-17(14)13-7-6-12(10-21)8-16(13)20(15)9-11-4-5-11/h1-3,6-8,11,21H,4-5,9-10H2,(H2,19,22). The number of aliphatic hydroxyl groups excluding tert-OH is 1. The van der Waals surface area contributed by atoms with Crippen molar-refractivity contribution in [2.45, 2.75) is 26.0 Å². The molecule has 0 aliphatic heterocycles. The Morgan fingerprint density at radius 3 is 2.73 bits per heavy atom. The molecular weight excluding hydrogens is 276 g/mol. The van der Waals surface area contributed by atoms with E-state index in [0.717, 1.165) is 33.9 Å². The SMILES string of the molecule is NC(=O)c1cccc2c1c1ccc(CO)cc1n2CC1CC1. The molecule has 0 spiro atoms. The van der Waals surface area contributed by atoms with Crippen LogP contribution in [0.1, 0.15) is 28.8 Å². The Hall–Kier alpha value is -2.33. The molecule has 0 bridgehead atoms. The fourth-order valence-electron chi connectivity index (χ4n) is 3.25. The van der Waals surface area contributed by atoms with Gasteiger partial charge in [-0.1, -0.05) is 18.2 Å². The summed E-state index contributed by atoms with van der Waals surface area (Å²) in [5.41, 5.74) is 9.13. The third-order valence-corrected chi connectivity index (χ3v) is 4.54. The van der Waals surface area contributed by atoms with Crippen LogP contribution >= 0.6 is 0 Å². The number of nitrogens with two attached hydrogens (primary N) is 1. The minimum atomic E-state index is -0.401. The summed E-state index contributed by atoms with van der Waals surface area (Å²) < 4.78 is 2.27. The molecular formula is C18H18N2O2. The lowest BCUT2D eigenvalue weighted by Gasteiger charge is -2.07. The van der Waals surface area contributed by atoms with Crippen LogP contribution in [0.5, 0.6) is 0 Å². The second-order valence-electron chi connectivity index (χ2n) is 6.13. The van der Waals surface area contributed by atoms with E-state index in [1.165, 1.54) is 12.8 Å². The van der Waals surface area contributed by atoms with E-state index in [1.54, 1.807) is 6.07 Å². The number of amides is 1. The van der Waals surface area contributed by atoms with E-state index in [1.807, 2.05) is 30.3 Å². The lowest BCUT2D eigenvalue weighted by Crippen LogP contribution is -2.11. The molecule has 1 fully saturated rings. The quantitative estimate of drug-likeness (QED) is 0.777.